The third-order valence-electron chi connectivity index (χ3n) is 9.00. The lowest BCUT2D eigenvalue weighted by atomic mass is 9.49. The minimum Gasteiger partial charge on any atom is -0.352 e. The topological polar surface area (TPSA) is 29.1 Å². The number of halogens is 1. The molecule has 2 unspecified atom stereocenters. The molecule has 0 aromatic carbocycles. The van der Waals surface area contributed by atoms with Gasteiger partial charge in [-0.15, -0.1) is 0 Å². The molecule has 2 nitrogen and oxygen atoms in total. The molecule has 0 saturated heterocycles. The van der Waals surface area contributed by atoms with E-state index in [1.807, 2.05) is 0 Å². The molecular weight excluding hydrogens is 362 g/mol. The van der Waals surface area contributed by atoms with Crippen LogP contribution in [0.25, 0.3) is 0 Å². The number of rotatable bonds is 2. The first-order valence-electron chi connectivity index (χ1n) is 10.5. The fourth-order valence-electron chi connectivity index (χ4n) is 8.88. The predicted molar refractivity (Wildman–Crippen MR) is 97.7 cm³/mol. The Hall–Kier alpha value is -0.0500. The summed E-state index contributed by atoms with van der Waals surface area (Å²) in [6.45, 7) is 0. The zero-order valence-electron chi connectivity index (χ0n) is 14.6. The van der Waals surface area contributed by atoms with Gasteiger partial charge in [-0.3, -0.25) is 4.79 Å². The molecule has 0 aliphatic heterocycles. The summed E-state index contributed by atoms with van der Waals surface area (Å²) in [6.07, 6.45) is 14.6. The molecule has 8 rings (SSSR count). The lowest BCUT2D eigenvalue weighted by molar-refractivity contribution is -0.147. The average Bonchev–Trinajstić information content (AvgIpc) is 2.47. The molecule has 8 bridgehead atoms. The second-order valence-electron chi connectivity index (χ2n) is 10.8. The third-order valence-corrected chi connectivity index (χ3v) is 9.92. The van der Waals surface area contributed by atoms with Gasteiger partial charge >= 0.3 is 0 Å². The molecule has 0 aromatic rings. The Morgan fingerprint density at radius 1 is 0.792 bits per heavy atom. The highest BCUT2D eigenvalue weighted by atomic mass is 79.9. The van der Waals surface area contributed by atoms with Crippen molar-refractivity contribution in [2.45, 2.75) is 81.0 Å². The Balaban J connectivity index is 1.24. The second kappa shape index (κ2) is 4.81. The Kier molecular flexibility index (Phi) is 3.02. The first-order chi connectivity index (χ1) is 11.5. The van der Waals surface area contributed by atoms with E-state index in [9.17, 15) is 4.79 Å². The van der Waals surface area contributed by atoms with E-state index in [2.05, 4.69) is 21.2 Å². The summed E-state index contributed by atoms with van der Waals surface area (Å²) in [7, 11) is 0. The zero-order chi connectivity index (χ0) is 16.1. The molecule has 8 aliphatic rings. The average molecular weight is 392 g/mol. The van der Waals surface area contributed by atoms with E-state index in [1.165, 1.54) is 64.2 Å². The number of carbonyl (C=O) groups excluding carboxylic acids is 1. The molecule has 24 heavy (non-hydrogen) atoms. The Bertz CT molecular complexity index is 544. The monoisotopic (exact) mass is 391 g/mol. The van der Waals surface area contributed by atoms with E-state index in [-0.39, 0.29) is 5.41 Å². The van der Waals surface area contributed by atoms with Crippen molar-refractivity contribution in [3.8, 4) is 0 Å². The molecule has 8 saturated carbocycles. The van der Waals surface area contributed by atoms with Crippen LogP contribution in [0.4, 0.5) is 0 Å². The van der Waals surface area contributed by atoms with Crippen molar-refractivity contribution in [3.63, 3.8) is 0 Å². The maximum absolute atomic E-state index is 13.5. The lowest BCUT2D eigenvalue weighted by Crippen LogP contribution is -2.62. The molecule has 8 fully saturated rings. The highest BCUT2D eigenvalue weighted by molar-refractivity contribution is 9.10. The van der Waals surface area contributed by atoms with Crippen molar-refractivity contribution in [1.82, 2.24) is 5.32 Å². The van der Waals surface area contributed by atoms with Crippen LogP contribution in [0.3, 0.4) is 0 Å². The van der Waals surface area contributed by atoms with Gasteiger partial charge < -0.3 is 5.32 Å². The fourth-order valence-corrected chi connectivity index (χ4v) is 10.3. The van der Waals surface area contributed by atoms with E-state index >= 15 is 0 Å². The van der Waals surface area contributed by atoms with Gasteiger partial charge in [-0.2, -0.15) is 0 Å². The molecule has 132 valence electrons. The zero-order valence-corrected chi connectivity index (χ0v) is 16.2. The van der Waals surface area contributed by atoms with E-state index < -0.39 is 0 Å². The minimum atomic E-state index is -0.0255. The van der Waals surface area contributed by atoms with Crippen LogP contribution in [-0.4, -0.2) is 16.3 Å². The molecular formula is C21H30BrNO. The molecule has 0 radical (unpaired) electrons. The quantitative estimate of drug-likeness (QED) is 0.681. The van der Waals surface area contributed by atoms with Gasteiger partial charge in [0.15, 0.2) is 0 Å². The van der Waals surface area contributed by atoms with Gasteiger partial charge in [-0.25, -0.2) is 0 Å². The smallest absolute Gasteiger partial charge is 0.226 e. The van der Waals surface area contributed by atoms with E-state index in [1.54, 1.807) is 0 Å². The third kappa shape index (κ3) is 2.09. The van der Waals surface area contributed by atoms with Gasteiger partial charge in [-0.05, 0) is 106 Å². The van der Waals surface area contributed by atoms with E-state index in [0.29, 0.717) is 16.3 Å². The van der Waals surface area contributed by atoms with Crippen molar-refractivity contribution in [3.05, 3.63) is 0 Å². The lowest BCUT2D eigenvalue weighted by Gasteiger charge is -2.60. The number of alkyl halides is 1. The summed E-state index contributed by atoms with van der Waals surface area (Å²) < 4.78 is 0.290. The summed E-state index contributed by atoms with van der Waals surface area (Å²) in [5, 5.41) is 3.68. The van der Waals surface area contributed by atoms with Gasteiger partial charge in [-0.1, -0.05) is 15.9 Å². The number of nitrogens with one attached hydrogen (secondary N) is 1. The highest BCUT2D eigenvalue weighted by Gasteiger charge is 2.60. The van der Waals surface area contributed by atoms with E-state index in [4.69, 9.17) is 0 Å². The van der Waals surface area contributed by atoms with Gasteiger partial charge in [0.2, 0.25) is 5.91 Å². The summed E-state index contributed by atoms with van der Waals surface area (Å²) in [5.41, 5.74) is -0.0255. The normalized spacial score (nSPS) is 59.8. The standard InChI is InChI=1S/C21H30BrNO/c22-21-9-14-2-15(10-21)8-20(7-14,11-21)19(24)23-18-16-3-12-1-13(5-16)6-17(18)4-12/h12-18H,1-11H2,(H,23,24)/t12?,13?,14-,15+,16?,17?,18?,20?,21?. The van der Waals surface area contributed by atoms with Crippen LogP contribution < -0.4 is 5.32 Å². The summed E-state index contributed by atoms with van der Waals surface area (Å²) in [6, 6.07) is 0.518. The Morgan fingerprint density at radius 3 is 1.88 bits per heavy atom. The summed E-state index contributed by atoms with van der Waals surface area (Å²) in [5.74, 6) is 5.65. The SMILES string of the molecule is O=C(NC1C2CC3CC(C2)CC1C3)C12C[C@@H]3C[C@@H](CC(Br)(C3)C1)C2. The largest absolute Gasteiger partial charge is 0.352 e. The molecule has 3 heteroatoms. The molecule has 0 spiro atoms. The van der Waals surface area contributed by atoms with Gasteiger partial charge in [0.05, 0.1) is 5.41 Å². The Morgan fingerprint density at radius 2 is 1.33 bits per heavy atom. The van der Waals surface area contributed by atoms with Crippen LogP contribution in [0.5, 0.6) is 0 Å². The van der Waals surface area contributed by atoms with Gasteiger partial charge in [0, 0.05) is 10.4 Å². The number of hydrogen-bond donors (Lipinski definition) is 1. The number of amides is 1. The Labute approximate surface area is 154 Å². The first kappa shape index (κ1) is 15.1. The van der Waals surface area contributed by atoms with E-state index in [0.717, 1.165) is 41.9 Å². The van der Waals surface area contributed by atoms with Crippen molar-refractivity contribution >= 4 is 21.8 Å². The van der Waals surface area contributed by atoms with Gasteiger partial charge in [0.1, 0.15) is 0 Å². The van der Waals surface area contributed by atoms with Crippen LogP contribution in [0, 0.1) is 40.9 Å². The molecule has 0 aromatic heterocycles. The van der Waals surface area contributed by atoms with Crippen molar-refractivity contribution < 1.29 is 4.79 Å². The van der Waals surface area contributed by atoms with Crippen molar-refractivity contribution in [1.29, 1.82) is 0 Å². The van der Waals surface area contributed by atoms with Crippen LogP contribution in [0.15, 0.2) is 0 Å². The highest BCUT2D eigenvalue weighted by Crippen LogP contribution is 2.64. The fraction of sp³-hybridized carbons (Fsp3) is 0.952. The number of carbonyl (C=O) groups is 1. The van der Waals surface area contributed by atoms with Crippen molar-refractivity contribution in [2.24, 2.45) is 40.9 Å². The second-order valence-corrected chi connectivity index (χ2v) is 12.5. The molecule has 1 amide bonds. The molecule has 4 atom stereocenters. The van der Waals surface area contributed by atoms with Crippen molar-refractivity contribution in [2.75, 3.05) is 0 Å². The maximum atomic E-state index is 13.5. The number of hydrogen-bond acceptors (Lipinski definition) is 1. The summed E-state index contributed by atoms with van der Waals surface area (Å²) in [4.78, 5) is 13.5. The van der Waals surface area contributed by atoms with Crippen LogP contribution in [0.2, 0.25) is 0 Å². The van der Waals surface area contributed by atoms with Crippen LogP contribution in [0.1, 0.15) is 70.6 Å². The predicted octanol–water partition coefficient (Wildman–Crippen LogP) is 4.66. The first-order valence-corrected chi connectivity index (χ1v) is 11.3. The van der Waals surface area contributed by atoms with Crippen LogP contribution in [-0.2, 0) is 4.79 Å². The van der Waals surface area contributed by atoms with Crippen LogP contribution >= 0.6 is 15.9 Å². The maximum Gasteiger partial charge on any atom is 0.226 e. The van der Waals surface area contributed by atoms with Gasteiger partial charge in [0.25, 0.3) is 0 Å². The molecule has 1 N–H and O–H groups in total. The summed E-state index contributed by atoms with van der Waals surface area (Å²) >= 11 is 4.07. The molecule has 0 heterocycles. The molecule has 8 aliphatic carbocycles. The minimum absolute atomic E-state index is 0.0255.